The number of nitrogens with zero attached hydrogens (tertiary/aromatic N) is 3. The summed E-state index contributed by atoms with van der Waals surface area (Å²) in [6.45, 7) is 7.70. The van der Waals surface area contributed by atoms with E-state index < -0.39 is 0 Å². The van der Waals surface area contributed by atoms with Crippen molar-refractivity contribution in [2.45, 2.75) is 27.2 Å². The van der Waals surface area contributed by atoms with Crippen LogP contribution < -0.4 is 11.1 Å². The molecule has 0 atom stereocenters. The minimum atomic E-state index is 0.115. The molecule has 0 radical (unpaired) electrons. The third kappa shape index (κ3) is 4.73. The molecule has 0 aliphatic heterocycles. The Kier molecular flexibility index (Phi) is 6.30. The predicted octanol–water partition coefficient (Wildman–Crippen LogP) is 1.09. The van der Waals surface area contributed by atoms with Crippen LogP contribution in [0, 0.1) is 6.92 Å². The molecule has 0 spiro atoms. The fraction of sp³-hybridized carbons (Fsp3) is 0.538. The molecule has 0 unspecified atom stereocenters. The topological polar surface area (TPSA) is 84.1 Å². The van der Waals surface area contributed by atoms with Gasteiger partial charge in [0.15, 0.2) is 0 Å². The summed E-state index contributed by atoms with van der Waals surface area (Å²) in [5.41, 5.74) is 6.87. The molecule has 0 fully saturated rings. The Balaban J connectivity index is 2.58. The van der Waals surface area contributed by atoms with E-state index in [0.29, 0.717) is 24.6 Å². The van der Waals surface area contributed by atoms with Gasteiger partial charge >= 0.3 is 0 Å². The Morgan fingerprint density at radius 1 is 1.40 bits per heavy atom. The van der Waals surface area contributed by atoms with Gasteiger partial charge in [0.2, 0.25) is 11.9 Å². The zero-order valence-corrected chi connectivity index (χ0v) is 13.0. The van der Waals surface area contributed by atoms with Gasteiger partial charge in [0.05, 0.1) is 0 Å². The van der Waals surface area contributed by atoms with Crippen LogP contribution in [0.1, 0.15) is 31.7 Å². The number of amides is 1. The second kappa shape index (κ2) is 7.74. The molecule has 0 aromatic carbocycles. The number of hydrogen-bond donors (Lipinski definition) is 2. The maximum atomic E-state index is 11.8. The number of aryl methyl sites for hydroxylation is 1. The smallest absolute Gasteiger partial charge is 0.224 e. The Morgan fingerprint density at radius 3 is 2.60 bits per heavy atom. The summed E-state index contributed by atoms with van der Waals surface area (Å²) in [6.07, 6.45) is 0.404. The molecule has 0 bridgehead atoms. The molecule has 20 heavy (non-hydrogen) atoms. The van der Waals surface area contributed by atoms with Crippen molar-refractivity contribution in [3.8, 4) is 0 Å². The number of rotatable bonds is 7. The number of carbonyl (C=O) groups is 1. The van der Waals surface area contributed by atoms with Crippen molar-refractivity contribution in [2.75, 3.05) is 25.0 Å². The maximum Gasteiger partial charge on any atom is 0.224 e. The van der Waals surface area contributed by atoms with Crippen molar-refractivity contribution in [1.82, 2.24) is 14.9 Å². The number of aromatic nitrogens is 2. The van der Waals surface area contributed by atoms with Gasteiger partial charge in [-0.2, -0.15) is 0 Å². The van der Waals surface area contributed by atoms with Gasteiger partial charge in [-0.25, -0.2) is 9.97 Å². The lowest BCUT2D eigenvalue weighted by atomic mass is 10.3. The van der Waals surface area contributed by atoms with Crippen molar-refractivity contribution in [3.05, 3.63) is 17.5 Å². The third-order valence-electron chi connectivity index (χ3n) is 2.84. The largest absolute Gasteiger partial charge is 0.388 e. The Morgan fingerprint density at radius 2 is 2.05 bits per heavy atom. The molecule has 110 valence electrons. The molecular weight excluding hydrogens is 274 g/mol. The molecule has 1 amide bonds. The second-order valence-corrected chi connectivity index (χ2v) is 4.77. The van der Waals surface area contributed by atoms with E-state index in [0.717, 1.165) is 18.8 Å². The second-order valence-electron chi connectivity index (χ2n) is 4.33. The number of hydrogen-bond acceptors (Lipinski definition) is 5. The first-order chi connectivity index (χ1) is 9.47. The summed E-state index contributed by atoms with van der Waals surface area (Å²) in [6, 6.07) is 1.73. The first-order valence-corrected chi connectivity index (χ1v) is 7.05. The van der Waals surface area contributed by atoms with Crippen LogP contribution >= 0.6 is 12.2 Å². The third-order valence-corrected chi connectivity index (χ3v) is 3.05. The summed E-state index contributed by atoms with van der Waals surface area (Å²) in [7, 11) is 0. The zero-order valence-electron chi connectivity index (χ0n) is 12.1. The van der Waals surface area contributed by atoms with Crippen molar-refractivity contribution in [3.63, 3.8) is 0 Å². The summed E-state index contributed by atoms with van der Waals surface area (Å²) in [4.78, 5) is 22.3. The van der Waals surface area contributed by atoms with Crippen LogP contribution in [-0.4, -0.2) is 45.4 Å². The van der Waals surface area contributed by atoms with E-state index in [4.69, 9.17) is 18.0 Å². The van der Waals surface area contributed by atoms with Gasteiger partial charge < -0.3 is 16.0 Å². The molecule has 1 aromatic rings. The zero-order chi connectivity index (χ0) is 15.1. The average Bonchev–Trinajstić information content (AvgIpc) is 2.39. The van der Waals surface area contributed by atoms with Crippen LogP contribution in [0.2, 0.25) is 0 Å². The van der Waals surface area contributed by atoms with Crippen LogP contribution in [0.4, 0.5) is 5.95 Å². The number of anilines is 1. The molecule has 3 N–H and O–H groups in total. The highest BCUT2D eigenvalue weighted by molar-refractivity contribution is 7.80. The van der Waals surface area contributed by atoms with Gasteiger partial charge in [-0.15, -0.1) is 0 Å². The molecule has 1 aromatic heterocycles. The fourth-order valence-corrected chi connectivity index (χ4v) is 1.89. The van der Waals surface area contributed by atoms with Gasteiger partial charge in [0.25, 0.3) is 0 Å². The minimum Gasteiger partial charge on any atom is -0.388 e. The Bertz CT molecular complexity index is 488. The van der Waals surface area contributed by atoms with Crippen molar-refractivity contribution >= 4 is 29.1 Å². The van der Waals surface area contributed by atoms with Gasteiger partial charge in [-0.1, -0.05) is 12.2 Å². The molecule has 6 nitrogen and oxygen atoms in total. The molecule has 0 saturated heterocycles. The molecule has 1 heterocycles. The SMILES string of the molecule is CCN(CC)C(=O)CCNc1nc(C)cc(C(N)=S)n1. The van der Waals surface area contributed by atoms with E-state index in [2.05, 4.69) is 15.3 Å². The standard InChI is InChI=1S/C13H21N5OS/c1-4-18(5-2)11(19)6-7-15-13-16-9(3)8-10(17-13)12(14)20/h8H,4-7H2,1-3H3,(H2,14,20)(H,15,16,17). The highest BCUT2D eigenvalue weighted by Crippen LogP contribution is 2.05. The maximum absolute atomic E-state index is 11.8. The van der Waals surface area contributed by atoms with Gasteiger partial charge in [-0.3, -0.25) is 4.79 Å². The molecule has 0 aliphatic rings. The van der Waals surface area contributed by atoms with E-state index in [-0.39, 0.29) is 10.9 Å². The molecule has 0 saturated carbocycles. The lowest BCUT2D eigenvalue weighted by Gasteiger charge is -2.18. The first kappa shape index (κ1) is 16.3. The van der Waals surface area contributed by atoms with Crippen LogP contribution in [0.5, 0.6) is 0 Å². The highest BCUT2D eigenvalue weighted by Gasteiger charge is 2.09. The summed E-state index contributed by atoms with van der Waals surface area (Å²) >= 11 is 4.90. The minimum absolute atomic E-state index is 0.115. The van der Waals surface area contributed by atoms with Crippen molar-refractivity contribution < 1.29 is 4.79 Å². The predicted molar refractivity (Wildman–Crippen MR) is 83.7 cm³/mol. The molecular formula is C13H21N5OS. The van der Waals surface area contributed by atoms with E-state index >= 15 is 0 Å². The van der Waals surface area contributed by atoms with Gasteiger partial charge in [0.1, 0.15) is 10.7 Å². The molecule has 1 rings (SSSR count). The fourth-order valence-electron chi connectivity index (χ4n) is 1.79. The van der Waals surface area contributed by atoms with Crippen molar-refractivity contribution in [2.24, 2.45) is 5.73 Å². The Hall–Kier alpha value is -1.76. The molecule has 0 aliphatic carbocycles. The monoisotopic (exact) mass is 295 g/mol. The first-order valence-electron chi connectivity index (χ1n) is 6.65. The Labute approximate surface area is 124 Å². The normalized spacial score (nSPS) is 10.2. The van der Waals surface area contributed by atoms with E-state index in [1.807, 2.05) is 20.8 Å². The average molecular weight is 295 g/mol. The summed E-state index contributed by atoms with van der Waals surface area (Å²) in [5.74, 6) is 0.560. The van der Waals surface area contributed by atoms with Gasteiger partial charge in [0, 0.05) is 31.7 Å². The van der Waals surface area contributed by atoms with Gasteiger partial charge in [-0.05, 0) is 26.8 Å². The molecule has 7 heteroatoms. The highest BCUT2D eigenvalue weighted by atomic mass is 32.1. The number of nitrogens with two attached hydrogens (primary N) is 1. The van der Waals surface area contributed by atoms with E-state index in [9.17, 15) is 4.79 Å². The lowest BCUT2D eigenvalue weighted by Crippen LogP contribution is -2.31. The van der Waals surface area contributed by atoms with E-state index in [1.54, 1.807) is 11.0 Å². The number of thiocarbonyl (C=S) groups is 1. The van der Waals surface area contributed by atoms with Crippen LogP contribution in [0.3, 0.4) is 0 Å². The van der Waals surface area contributed by atoms with Crippen molar-refractivity contribution in [1.29, 1.82) is 0 Å². The lowest BCUT2D eigenvalue weighted by molar-refractivity contribution is -0.130. The quantitative estimate of drug-likeness (QED) is 0.733. The van der Waals surface area contributed by atoms with Crippen LogP contribution in [0.25, 0.3) is 0 Å². The number of nitrogens with one attached hydrogen (secondary N) is 1. The van der Waals surface area contributed by atoms with Crippen LogP contribution in [0.15, 0.2) is 6.07 Å². The summed E-state index contributed by atoms with van der Waals surface area (Å²) < 4.78 is 0. The number of carbonyl (C=O) groups excluding carboxylic acids is 1. The van der Waals surface area contributed by atoms with E-state index in [1.165, 1.54) is 0 Å². The van der Waals surface area contributed by atoms with Crippen LogP contribution in [-0.2, 0) is 4.79 Å². The summed E-state index contributed by atoms with van der Waals surface area (Å²) in [5, 5.41) is 3.03.